The van der Waals surface area contributed by atoms with Crippen LogP contribution >= 0.6 is 11.6 Å². The molecule has 30 heavy (non-hydrogen) atoms. The Hall–Kier alpha value is -2.45. The number of carbonyl (C=O) groups excluding carboxylic acids is 1. The van der Waals surface area contributed by atoms with Crippen molar-refractivity contribution < 1.29 is 22.7 Å². The first-order valence-corrected chi connectivity index (χ1v) is 11.7. The number of halogens is 1. The summed E-state index contributed by atoms with van der Waals surface area (Å²) in [7, 11) is -2.29. The highest BCUT2D eigenvalue weighted by molar-refractivity contribution is 7.92. The van der Waals surface area contributed by atoms with Gasteiger partial charge in [-0.15, -0.1) is 0 Å². The zero-order valence-corrected chi connectivity index (χ0v) is 19.3. The highest BCUT2D eigenvalue weighted by atomic mass is 35.5. The molecule has 9 heteroatoms. The summed E-state index contributed by atoms with van der Waals surface area (Å²) >= 11 is 6.15. The van der Waals surface area contributed by atoms with Gasteiger partial charge in [-0.2, -0.15) is 0 Å². The summed E-state index contributed by atoms with van der Waals surface area (Å²) in [5.74, 6) is 0.719. The van der Waals surface area contributed by atoms with Crippen LogP contribution in [0.4, 0.5) is 5.69 Å². The summed E-state index contributed by atoms with van der Waals surface area (Å²) in [5.41, 5.74) is 1.15. The number of anilines is 1. The van der Waals surface area contributed by atoms with Crippen LogP contribution in [0.15, 0.2) is 42.5 Å². The molecule has 0 aliphatic carbocycles. The maximum atomic E-state index is 12.9. The summed E-state index contributed by atoms with van der Waals surface area (Å²) in [6, 6.07) is 10.6. The van der Waals surface area contributed by atoms with E-state index in [1.54, 1.807) is 12.1 Å². The van der Waals surface area contributed by atoms with Gasteiger partial charge in [0.2, 0.25) is 15.9 Å². The average Bonchev–Trinajstić information content (AvgIpc) is 2.68. The molecule has 0 heterocycles. The van der Waals surface area contributed by atoms with Crippen molar-refractivity contribution in [2.24, 2.45) is 0 Å². The van der Waals surface area contributed by atoms with Crippen LogP contribution in [-0.2, 0) is 14.8 Å². The largest absolute Gasteiger partial charge is 0.495 e. The van der Waals surface area contributed by atoms with Gasteiger partial charge in [-0.05, 0) is 56.7 Å². The van der Waals surface area contributed by atoms with Crippen LogP contribution in [0.25, 0.3) is 0 Å². The smallest absolute Gasteiger partial charge is 0.244 e. The standard InChI is InChI=1S/C21H27ClN2O5S/c1-6-29-18-10-7-16(8-11-18)14(2)23-21(25)15(3)24(30(5,26)27)17-9-12-20(28-4)19(22)13-17/h7-15H,6H2,1-5H3,(H,23,25)/t14-,15+/m1/s1. The first-order valence-electron chi connectivity index (χ1n) is 9.44. The molecular formula is C21H27ClN2O5S. The minimum absolute atomic E-state index is 0.249. The molecule has 7 nitrogen and oxygen atoms in total. The molecule has 2 atom stereocenters. The lowest BCUT2D eigenvalue weighted by Crippen LogP contribution is -2.48. The molecule has 0 unspecified atom stereocenters. The number of carbonyl (C=O) groups is 1. The number of methoxy groups -OCH3 is 1. The summed E-state index contributed by atoms with van der Waals surface area (Å²) in [4.78, 5) is 12.9. The molecule has 1 N–H and O–H groups in total. The van der Waals surface area contributed by atoms with Gasteiger partial charge < -0.3 is 14.8 Å². The summed E-state index contributed by atoms with van der Waals surface area (Å²) in [6.45, 7) is 5.83. The molecule has 1 amide bonds. The lowest BCUT2D eigenvalue weighted by molar-refractivity contribution is -0.122. The highest BCUT2D eigenvalue weighted by Gasteiger charge is 2.30. The van der Waals surface area contributed by atoms with E-state index in [1.807, 2.05) is 38.1 Å². The molecule has 164 valence electrons. The number of sulfonamides is 1. The molecular weight excluding hydrogens is 428 g/mol. The average molecular weight is 455 g/mol. The number of amides is 1. The SMILES string of the molecule is CCOc1ccc([C@@H](C)NC(=O)[C@H](C)N(c2ccc(OC)c(Cl)c2)S(C)(=O)=O)cc1. The summed E-state index contributed by atoms with van der Waals surface area (Å²) in [6.07, 6.45) is 1.05. The van der Waals surface area contributed by atoms with Crippen molar-refractivity contribution in [2.75, 3.05) is 24.3 Å². The predicted octanol–water partition coefficient (Wildman–Crippen LogP) is 3.78. The maximum Gasteiger partial charge on any atom is 0.244 e. The monoisotopic (exact) mass is 454 g/mol. The quantitative estimate of drug-likeness (QED) is 0.623. The highest BCUT2D eigenvalue weighted by Crippen LogP contribution is 2.31. The Morgan fingerprint density at radius 1 is 1.17 bits per heavy atom. The Kier molecular flexibility index (Phi) is 7.97. The number of nitrogens with zero attached hydrogens (tertiary/aromatic N) is 1. The normalized spacial score (nSPS) is 13.3. The number of hydrogen-bond acceptors (Lipinski definition) is 5. The van der Waals surface area contributed by atoms with Crippen molar-refractivity contribution in [1.29, 1.82) is 0 Å². The van der Waals surface area contributed by atoms with Crippen molar-refractivity contribution in [3.05, 3.63) is 53.1 Å². The minimum Gasteiger partial charge on any atom is -0.495 e. The summed E-state index contributed by atoms with van der Waals surface area (Å²) < 4.78 is 36.5. The molecule has 0 radical (unpaired) electrons. The van der Waals surface area contributed by atoms with E-state index in [0.717, 1.165) is 21.9 Å². The molecule has 0 aliphatic rings. The van der Waals surface area contributed by atoms with Crippen molar-refractivity contribution >= 4 is 33.2 Å². The van der Waals surface area contributed by atoms with E-state index in [1.165, 1.54) is 20.1 Å². The van der Waals surface area contributed by atoms with Crippen LogP contribution in [-0.4, -0.2) is 40.3 Å². The second kappa shape index (κ2) is 10.0. The van der Waals surface area contributed by atoms with Crippen molar-refractivity contribution in [3.8, 4) is 11.5 Å². The van der Waals surface area contributed by atoms with E-state index in [0.29, 0.717) is 12.4 Å². The van der Waals surface area contributed by atoms with Crippen LogP contribution in [0.5, 0.6) is 11.5 Å². The van der Waals surface area contributed by atoms with Crippen molar-refractivity contribution in [2.45, 2.75) is 32.9 Å². The van der Waals surface area contributed by atoms with Gasteiger partial charge in [-0.25, -0.2) is 8.42 Å². The number of nitrogens with one attached hydrogen (secondary N) is 1. The molecule has 0 spiro atoms. The van der Waals surface area contributed by atoms with E-state index >= 15 is 0 Å². The van der Waals surface area contributed by atoms with Gasteiger partial charge in [-0.3, -0.25) is 9.10 Å². The van der Waals surface area contributed by atoms with Gasteiger partial charge in [0.25, 0.3) is 0 Å². The Balaban J connectivity index is 2.22. The number of rotatable bonds is 9. The van der Waals surface area contributed by atoms with Crippen molar-refractivity contribution in [1.82, 2.24) is 5.32 Å². The maximum absolute atomic E-state index is 12.9. The van der Waals surface area contributed by atoms with Gasteiger partial charge in [0.15, 0.2) is 0 Å². The lowest BCUT2D eigenvalue weighted by atomic mass is 10.1. The molecule has 0 saturated heterocycles. The molecule has 0 bridgehead atoms. The second-order valence-electron chi connectivity index (χ2n) is 6.79. The molecule has 0 aromatic heterocycles. The molecule has 2 aromatic carbocycles. The van der Waals surface area contributed by atoms with Crippen LogP contribution in [0.3, 0.4) is 0 Å². The zero-order valence-electron chi connectivity index (χ0n) is 17.7. The first kappa shape index (κ1) is 23.8. The van der Waals surface area contributed by atoms with Gasteiger partial charge >= 0.3 is 0 Å². The van der Waals surface area contributed by atoms with Crippen LogP contribution in [0.1, 0.15) is 32.4 Å². The van der Waals surface area contributed by atoms with E-state index in [4.69, 9.17) is 21.1 Å². The third kappa shape index (κ3) is 5.79. The van der Waals surface area contributed by atoms with E-state index in [2.05, 4.69) is 5.32 Å². The van der Waals surface area contributed by atoms with Gasteiger partial charge in [0.1, 0.15) is 17.5 Å². The van der Waals surface area contributed by atoms with Crippen LogP contribution < -0.4 is 19.1 Å². The molecule has 0 saturated carbocycles. The van der Waals surface area contributed by atoms with Gasteiger partial charge in [-0.1, -0.05) is 23.7 Å². The third-order valence-electron chi connectivity index (χ3n) is 4.53. The fourth-order valence-electron chi connectivity index (χ4n) is 3.04. The minimum atomic E-state index is -3.75. The van der Waals surface area contributed by atoms with E-state index in [-0.39, 0.29) is 16.8 Å². The van der Waals surface area contributed by atoms with Crippen LogP contribution in [0.2, 0.25) is 5.02 Å². The first-order chi connectivity index (χ1) is 14.1. The van der Waals surface area contributed by atoms with Gasteiger partial charge in [0, 0.05) is 0 Å². The predicted molar refractivity (Wildman–Crippen MR) is 119 cm³/mol. The fourth-order valence-corrected chi connectivity index (χ4v) is 4.46. The lowest BCUT2D eigenvalue weighted by Gasteiger charge is -2.29. The molecule has 2 rings (SSSR count). The Morgan fingerprint density at radius 2 is 1.80 bits per heavy atom. The number of benzene rings is 2. The van der Waals surface area contributed by atoms with Gasteiger partial charge in [0.05, 0.1) is 36.7 Å². The van der Waals surface area contributed by atoms with E-state index < -0.39 is 22.0 Å². The fraction of sp³-hybridized carbons (Fsp3) is 0.381. The molecule has 0 aliphatic heterocycles. The zero-order chi connectivity index (χ0) is 22.5. The Labute approximate surface area is 183 Å². The number of hydrogen-bond donors (Lipinski definition) is 1. The Morgan fingerprint density at radius 3 is 2.30 bits per heavy atom. The topological polar surface area (TPSA) is 84.9 Å². The van der Waals surface area contributed by atoms with Crippen LogP contribution in [0, 0.1) is 0 Å². The van der Waals surface area contributed by atoms with E-state index in [9.17, 15) is 13.2 Å². The van der Waals surface area contributed by atoms with Crippen molar-refractivity contribution in [3.63, 3.8) is 0 Å². The summed E-state index contributed by atoms with van der Waals surface area (Å²) in [5, 5.41) is 3.11. The second-order valence-corrected chi connectivity index (χ2v) is 9.05. The third-order valence-corrected chi connectivity index (χ3v) is 6.07. The Bertz CT molecular complexity index is 979. The molecule has 2 aromatic rings. The number of ether oxygens (including phenoxy) is 2. The molecule has 0 fully saturated rings.